The second-order valence-corrected chi connectivity index (χ2v) is 7.93. The largest absolute Gasteiger partial charge is 0.393 e. The fraction of sp³-hybridized carbons (Fsp3) is 0.947. The molecule has 6 nitrogen and oxygen atoms in total. The van der Waals surface area contributed by atoms with E-state index in [1.54, 1.807) is 0 Å². The third-order valence-corrected chi connectivity index (χ3v) is 5.92. The SMILES string of the molecule is CCNC(=NCC1CCCC1O)NC1CCN(CC2CCOC2)CC1.I. The van der Waals surface area contributed by atoms with Gasteiger partial charge in [-0.1, -0.05) is 6.42 Å². The van der Waals surface area contributed by atoms with Gasteiger partial charge in [0.1, 0.15) is 0 Å². The van der Waals surface area contributed by atoms with Crippen molar-refractivity contribution in [3.63, 3.8) is 0 Å². The van der Waals surface area contributed by atoms with E-state index in [-0.39, 0.29) is 30.1 Å². The third kappa shape index (κ3) is 6.80. The summed E-state index contributed by atoms with van der Waals surface area (Å²) in [6.07, 6.45) is 6.59. The lowest BCUT2D eigenvalue weighted by Gasteiger charge is -2.34. The minimum Gasteiger partial charge on any atom is -0.393 e. The Balaban J connectivity index is 0.00000243. The van der Waals surface area contributed by atoms with Gasteiger partial charge in [0.15, 0.2) is 5.96 Å². The van der Waals surface area contributed by atoms with E-state index < -0.39 is 0 Å². The Kier molecular flexibility index (Phi) is 9.94. The van der Waals surface area contributed by atoms with Crippen LogP contribution in [0.15, 0.2) is 4.99 Å². The molecule has 3 aliphatic rings. The summed E-state index contributed by atoms with van der Waals surface area (Å²) >= 11 is 0. The Morgan fingerprint density at radius 1 is 1.19 bits per heavy atom. The van der Waals surface area contributed by atoms with Crippen LogP contribution >= 0.6 is 24.0 Å². The third-order valence-electron chi connectivity index (χ3n) is 5.92. The van der Waals surface area contributed by atoms with E-state index in [4.69, 9.17) is 9.73 Å². The molecule has 152 valence electrons. The molecule has 7 heteroatoms. The van der Waals surface area contributed by atoms with Crippen LogP contribution in [0.1, 0.15) is 45.4 Å². The lowest BCUT2D eigenvalue weighted by Crippen LogP contribution is -2.49. The van der Waals surface area contributed by atoms with Crippen molar-refractivity contribution in [3.8, 4) is 0 Å². The molecule has 0 amide bonds. The van der Waals surface area contributed by atoms with Crippen LogP contribution < -0.4 is 10.6 Å². The first-order valence-electron chi connectivity index (χ1n) is 10.3. The number of aliphatic hydroxyl groups is 1. The molecule has 0 bridgehead atoms. The molecule has 3 atom stereocenters. The summed E-state index contributed by atoms with van der Waals surface area (Å²) in [5.74, 6) is 2.00. The van der Waals surface area contributed by atoms with E-state index in [1.807, 2.05) is 0 Å². The van der Waals surface area contributed by atoms with Gasteiger partial charge in [-0.3, -0.25) is 4.99 Å². The quantitative estimate of drug-likeness (QED) is 0.308. The number of aliphatic hydroxyl groups excluding tert-OH is 1. The maximum absolute atomic E-state index is 9.97. The molecule has 0 aromatic carbocycles. The van der Waals surface area contributed by atoms with Crippen molar-refractivity contribution in [2.45, 2.75) is 57.6 Å². The molecule has 26 heavy (non-hydrogen) atoms. The standard InChI is InChI=1S/C19H36N4O2.HI/c1-2-20-19(21-12-16-4-3-5-18(16)24)22-17-6-9-23(10-7-17)13-15-8-11-25-14-15;/h15-18,24H,2-14H2,1H3,(H2,20,21,22);1H. The number of rotatable bonds is 6. The molecule has 0 spiro atoms. The molecular formula is C19H37IN4O2. The number of halogens is 1. The maximum Gasteiger partial charge on any atom is 0.191 e. The molecule has 3 fully saturated rings. The van der Waals surface area contributed by atoms with Gasteiger partial charge in [-0.2, -0.15) is 0 Å². The van der Waals surface area contributed by atoms with E-state index in [2.05, 4.69) is 22.5 Å². The van der Waals surface area contributed by atoms with Crippen LogP contribution in [-0.2, 0) is 4.74 Å². The van der Waals surface area contributed by atoms with Crippen molar-refractivity contribution >= 4 is 29.9 Å². The predicted molar refractivity (Wildman–Crippen MR) is 116 cm³/mol. The number of nitrogens with zero attached hydrogens (tertiary/aromatic N) is 2. The highest BCUT2D eigenvalue weighted by molar-refractivity contribution is 14.0. The Labute approximate surface area is 175 Å². The summed E-state index contributed by atoms with van der Waals surface area (Å²) in [7, 11) is 0. The lowest BCUT2D eigenvalue weighted by molar-refractivity contribution is 0.136. The van der Waals surface area contributed by atoms with Gasteiger partial charge in [0, 0.05) is 51.3 Å². The highest BCUT2D eigenvalue weighted by Gasteiger charge is 2.26. The highest BCUT2D eigenvalue weighted by Crippen LogP contribution is 2.25. The van der Waals surface area contributed by atoms with Crippen LogP contribution in [0.4, 0.5) is 0 Å². The van der Waals surface area contributed by atoms with Crippen LogP contribution in [0.5, 0.6) is 0 Å². The summed E-state index contributed by atoms with van der Waals surface area (Å²) in [6.45, 7) is 9.12. The average molecular weight is 480 g/mol. The molecule has 3 N–H and O–H groups in total. The van der Waals surface area contributed by atoms with Crippen molar-refractivity contribution in [1.29, 1.82) is 0 Å². The van der Waals surface area contributed by atoms with E-state index in [9.17, 15) is 5.11 Å². The number of likely N-dealkylation sites (tertiary alicyclic amines) is 1. The molecule has 1 aliphatic carbocycles. The first-order chi connectivity index (χ1) is 12.2. The summed E-state index contributed by atoms with van der Waals surface area (Å²) in [5, 5.41) is 17.0. The number of guanidine groups is 1. The number of hydrogen-bond donors (Lipinski definition) is 3. The smallest absolute Gasteiger partial charge is 0.191 e. The maximum atomic E-state index is 9.97. The predicted octanol–water partition coefficient (Wildman–Crippen LogP) is 1.82. The first-order valence-corrected chi connectivity index (χ1v) is 10.3. The van der Waals surface area contributed by atoms with Crippen LogP contribution in [0.25, 0.3) is 0 Å². The Morgan fingerprint density at radius 3 is 2.62 bits per heavy atom. The Hall–Kier alpha value is -0.120. The number of aliphatic imine (C=N–C) groups is 1. The van der Waals surface area contributed by atoms with Gasteiger partial charge in [-0.25, -0.2) is 0 Å². The van der Waals surface area contributed by atoms with Crippen LogP contribution in [-0.4, -0.2) is 74.0 Å². The van der Waals surface area contributed by atoms with Crippen molar-refractivity contribution in [2.24, 2.45) is 16.8 Å². The topological polar surface area (TPSA) is 69.1 Å². The molecule has 2 saturated heterocycles. The Morgan fingerprint density at radius 2 is 2.00 bits per heavy atom. The highest BCUT2D eigenvalue weighted by atomic mass is 127. The molecule has 0 aromatic rings. The molecule has 3 rings (SSSR count). The van der Waals surface area contributed by atoms with Gasteiger partial charge in [0.2, 0.25) is 0 Å². The van der Waals surface area contributed by atoms with Gasteiger partial charge in [-0.05, 0) is 44.9 Å². The lowest BCUT2D eigenvalue weighted by atomic mass is 10.0. The summed E-state index contributed by atoms with van der Waals surface area (Å²) in [6, 6.07) is 0.502. The van der Waals surface area contributed by atoms with Gasteiger partial charge in [0.25, 0.3) is 0 Å². The molecule has 0 radical (unpaired) electrons. The molecule has 1 saturated carbocycles. The van der Waals surface area contributed by atoms with Crippen molar-refractivity contribution in [1.82, 2.24) is 15.5 Å². The molecule has 2 aliphatic heterocycles. The van der Waals surface area contributed by atoms with Gasteiger partial charge in [0.05, 0.1) is 12.7 Å². The fourth-order valence-electron chi connectivity index (χ4n) is 4.30. The van der Waals surface area contributed by atoms with Crippen molar-refractivity contribution < 1.29 is 9.84 Å². The van der Waals surface area contributed by atoms with Crippen molar-refractivity contribution in [3.05, 3.63) is 0 Å². The van der Waals surface area contributed by atoms with E-state index in [0.717, 1.165) is 70.5 Å². The monoisotopic (exact) mass is 480 g/mol. The number of ether oxygens (including phenoxy) is 1. The van der Waals surface area contributed by atoms with E-state index in [0.29, 0.717) is 12.0 Å². The summed E-state index contributed by atoms with van der Waals surface area (Å²) < 4.78 is 5.50. The van der Waals surface area contributed by atoms with E-state index >= 15 is 0 Å². The normalized spacial score (nSPS) is 31.0. The van der Waals surface area contributed by atoms with Gasteiger partial charge in [-0.15, -0.1) is 24.0 Å². The number of piperidine rings is 1. The van der Waals surface area contributed by atoms with Crippen molar-refractivity contribution in [2.75, 3.05) is 45.9 Å². The minimum absolute atomic E-state index is 0. The second kappa shape index (κ2) is 11.7. The number of nitrogens with one attached hydrogen (secondary N) is 2. The first kappa shape index (κ1) is 22.2. The zero-order valence-corrected chi connectivity index (χ0v) is 18.5. The van der Waals surface area contributed by atoms with Crippen LogP contribution in [0.3, 0.4) is 0 Å². The molecule has 3 unspecified atom stereocenters. The van der Waals surface area contributed by atoms with E-state index in [1.165, 1.54) is 25.8 Å². The fourth-order valence-corrected chi connectivity index (χ4v) is 4.30. The van der Waals surface area contributed by atoms with Gasteiger partial charge >= 0.3 is 0 Å². The summed E-state index contributed by atoms with van der Waals surface area (Å²) in [5.41, 5.74) is 0. The summed E-state index contributed by atoms with van der Waals surface area (Å²) in [4.78, 5) is 7.34. The molecule has 0 aromatic heterocycles. The minimum atomic E-state index is -0.158. The zero-order chi connectivity index (χ0) is 17.5. The zero-order valence-electron chi connectivity index (χ0n) is 16.2. The number of hydrogen-bond acceptors (Lipinski definition) is 4. The average Bonchev–Trinajstić information content (AvgIpc) is 3.26. The Bertz CT molecular complexity index is 424. The second-order valence-electron chi connectivity index (χ2n) is 7.93. The van der Waals surface area contributed by atoms with Gasteiger partial charge < -0.3 is 25.4 Å². The molecule has 2 heterocycles. The molecular weight excluding hydrogens is 443 g/mol. The van der Waals surface area contributed by atoms with Crippen LogP contribution in [0, 0.1) is 11.8 Å². The van der Waals surface area contributed by atoms with Crippen LogP contribution in [0.2, 0.25) is 0 Å².